The van der Waals surface area contributed by atoms with Crippen LogP contribution < -0.4 is 0 Å². The summed E-state index contributed by atoms with van der Waals surface area (Å²) in [6, 6.07) is 0. The van der Waals surface area contributed by atoms with Gasteiger partial charge in [0.15, 0.2) is 0 Å². The molecule has 0 aliphatic carbocycles. The maximum Gasteiger partial charge on any atom is -0.0351 e. The zero-order chi connectivity index (χ0) is 22.0. The van der Waals surface area contributed by atoms with Crippen LogP contribution in [0.4, 0.5) is 0 Å². The van der Waals surface area contributed by atoms with Crippen molar-refractivity contribution in [1.29, 1.82) is 0 Å². The van der Waals surface area contributed by atoms with Crippen molar-refractivity contribution in [2.45, 2.75) is 161 Å². The molecule has 2 radical (unpaired) electrons. The molecule has 0 saturated carbocycles. The molecule has 0 N–H and O–H groups in total. The quantitative estimate of drug-likeness (QED) is 0.102. The lowest BCUT2D eigenvalue weighted by atomic mass is 9.92. The average Bonchev–Trinajstić information content (AvgIpc) is 2.76. The maximum absolute atomic E-state index is 3.92. The van der Waals surface area contributed by atoms with Gasteiger partial charge in [-0.3, -0.25) is 0 Å². The molecular weight excluding hydrogens is 360 g/mol. The minimum absolute atomic E-state index is 0.996. The number of unbranched alkanes of at least 4 members (excludes halogenated alkanes) is 18. The second-order valence-electron chi connectivity index (χ2n) is 9.62. The summed E-state index contributed by atoms with van der Waals surface area (Å²) < 4.78 is 0. The van der Waals surface area contributed by atoms with Gasteiger partial charge in [0.2, 0.25) is 0 Å². The van der Waals surface area contributed by atoms with E-state index in [0.29, 0.717) is 0 Å². The lowest BCUT2D eigenvalue weighted by Crippen LogP contribution is -1.99. The largest absolute Gasteiger partial charge is 0.0885 e. The Morgan fingerprint density at radius 3 is 1.17 bits per heavy atom. The number of allylic oxidation sites excluding steroid dienone is 2. The van der Waals surface area contributed by atoms with E-state index in [4.69, 9.17) is 0 Å². The maximum atomic E-state index is 3.92. The smallest absolute Gasteiger partial charge is 0.0351 e. The summed E-state index contributed by atoms with van der Waals surface area (Å²) in [4.78, 5) is 0. The van der Waals surface area contributed by atoms with E-state index in [1.165, 1.54) is 141 Å². The molecule has 0 spiro atoms. The van der Waals surface area contributed by atoms with Crippen molar-refractivity contribution in [3.05, 3.63) is 26.0 Å². The molecule has 0 aromatic carbocycles. The van der Waals surface area contributed by atoms with Crippen molar-refractivity contribution in [3.63, 3.8) is 0 Å². The lowest BCUT2D eigenvalue weighted by molar-refractivity contribution is 0.393. The molecule has 0 aromatic rings. The van der Waals surface area contributed by atoms with E-state index in [9.17, 15) is 0 Å². The summed E-state index contributed by atoms with van der Waals surface area (Å²) in [5.41, 5.74) is 0. The van der Waals surface area contributed by atoms with E-state index in [1.54, 1.807) is 0 Å². The van der Waals surface area contributed by atoms with Gasteiger partial charge >= 0.3 is 0 Å². The van der Waals surface area contributed by atoms with E-state index >= 15 is 0 Å². The fraction of sp³-hybridized carbons (Fsp3) is 0.867. The highest BCUT2D eigenvalue weighted by Gasteiger charge is 2.05. The summed E-state index contributed by atoms with van der Waals surface area (Å²) in [7, 11) is 0. The van der Waals surface area contributed by atoms with Gasteiger partial charge in [-0.05, 0) is 31.6 Å². The molecular formula is C30H58. The summed E-state index contributed by atoms with van der Waals surface area (Å²) in [6.07, 6.45) is 38.1. The minimum atomic E-state index is 0.996. The van der Waals surface area contributed by atoms with E-state index in [0.717, 1.165) is 18.8 Å². The number of hydrogen-bond donors (Lipinski definition) is 0. The zero-order valence-corrected chi connectivity index (χ0v) is 21.1. The Morgan fingerprint density at radius 2 is 0.800 bits per heavy atom. The molecule has 0 heterocycles. The molecule has 0 fully saturated rings. The molecule has 30 heavy (non-hydrogen) atoms. The molecule has 0 heteroatoms. The predicted molar refractivity (Wildman–Crippen MR) is 140 cm³/mol. The van der Waals surface area contributed by atoms with Crippen LogP contribution in [0.1, 0.15) is 161 Å². The highest BCUT2D eigenvalue weighted by Crippen LogP contribution is 2.21. The molecule has 0 bridgehead atoms. The Hall–Kier alpha value is -0.260. The van der Waals surface area contributed by atoms with Gasteiger partial charge in [0.25, 0.3) is 0 Å². The van der Waals surface area contributed by atoms with Gasteiger partial charge < -0.3 is 0 Å². The van der Waals surface area contributed by atoms with Gasteiger partial charge in [0.1, 0.15) is 0 Å². The first-order chi connectivity index (χ1) is 14.8. The summed E-state index contributed by atoms with van der Waals surface area (Å²) in [5.74, 6) is 0.996. The predicted octanol–water partition coefficient (Wildman–Crippen LogP) is 11.2. The van der Waals surface area contributed by atoms with Crippen LogP contribution >= 0.6 is 0 Å². The molecule has 1 atom stereocenters. The molecule has 0 amide bonds. The normalized spacial score (nSPS) is 12.8. The minimum Gasteiger partial charge on any atom is -0.0885 e. The van der Waals surface area contributed by atoms with E-state index in [-0.39, 0.29) is 0 Å². The van der Waals surface area contributed by atoms with Gasteiger partial charge in [0.05, 0.1) is 0 Å². The van der Waals surface area contributed by atoms with E-state index in [1.807, 2.05) is 0 Å². The van der Waals surface area contributed by atoms with Crippen molar-refractivity contribution in [2.75, 3.05) is 0 Å². The second-order valence-corrected chi connectivity index (χ2v) is 9.62. The first-order valence-corrected chi connectivity index (χ1v) is 14.1. The molecule has 0 saturated heterocycles. The second kappa shape index (κ2) is 26.8. The highest BCUT2D eigenvalue weighted by molar-refractivity contribution is 4.81. The Bertz CT molecular complexity index is 316. The fourth-order valence-electron chi connectivity index (χ4n) is 4.48. The summed E-state index contributed by atoms with van der Waals surface area (Å²) in [6.45, 7) is 10.2. The molecule has 0 aromatic heterocycles. The van der Waals surface area contributed by atoms with Crippen LogP contribution in [0.25, 0.3) is 0 Å². The molecule has 0 rings (SSSR count). The molecule has 0 aliphatic heterocycles. The van der Waals surface area contributed by atoms with Crippen molar-refractivity contribution in [2.24, 2.45) is 5.92 Å². The molecule has 0 aliphatic rings. The first-order valence-electron chi connectivity index (χ1n) is 14.1. The van der Waals surface area contributed by atoms with Crippen LogP contribution in [0, 0.1) is 19.8 Å². The van der Waals surface area contributed by atoms with E-state index < -0.39 is 0 Å². The Balaban J connectivity index is 3.33. The van der Waals surface area contributed by atoms with Crippen LogP contribution in [0.2, 0.25) is 0 Å². The van der Waals surface area contributed by atoms with Gasteiger partial charge in [0, 0.05) is 0 Å². The standard InChI is InChI=1S/C30H58/c1-4-7-9-11-13-15-17-18-19-21-23-25-27-29-30(6-3)28-26-24-22-20-16-14-12-10-8-5-2/h17-18,30H,1-2,4-16,19-29H2,3H3. The van der Waals surface area contributed by atoms with Crippen LogP contribution in [-0.2, 0) is 0 Å². The van der Waals surface area contributed by atoms with E-state index in [2.05, 4.69) is 32.9 Å². The number of rotatable bonds is 25. The van der Waals surface area contributed by atoms with Gasteiger partial charge in [-0.2, -0.15) is 0 Å². The van der Waals surface area contributed by atoms with Crippen molar-refractivity contribution in [1.82, 2.24) is 0 Å². The Labute approximate surface area is 193 Å². The van der Waals surface area contributed by atoms with Crippen molar-refractivity contribution >= 4 is 0 Å². The van der Waals surface area contributed by atoms with Gasteiger partial charge in [-0.1, -0.05) is 161 Å². The van der Waals surface area contributed by atoms with Gasteiger partial charge in [-0.15, -0.1) is 0 Å². The first kappa shape index (κ1) is 29.7. The summed E-state index contributed by atoms with van der Waals surface area (Å²) in [5, 5.41) is 0. The molecule has 178 valence electrons. The molecule has 0 nitrogen and oxygen atoms in total. The fourth-order valence-corrected chi connectivity index (χ4v) is 4.48. The third-order valence-electron chi connectivity index (χ3n) is 6.71. The van der Waals surface area contributed by atoms with Crippen LogP contribution in [-0.4, -0.2) is 0 Å². The van der Waals surface area contributed by atoms with Crippen molar-refractivity contribution < 1.29 is 0 Å². The van der Waals surface area contributed by atoms with Crippen LogP contribution in [0.3, 0.4) is 0 Å². The molecule has 1 unspecified atom stereocenters. The number of hydrogen-bond acceptors (Lipinski definition) is 0. The average molecular weight is 419 g/mol. The SMILES string of the molecule is [CH2]CCCCCCC=CCCCCCCC(CC)CCCCCCCCCCC[CH2]. The van der Waals surface area contributed by atoms with Gasteiger partial charge in [-0.25, -0.2) is 0 Å². The monoisotopic (exact) mass is 418 g/mol. The van der Waals surface area contributed by atoms with Crippen LogP contribution in [0.5, 0.6) is 0 Å². The highest BCUT2D eigenvalue weighted by atomic mass is 14.1. The van der Waals surface area contributed by atoms with Crippen LogP contribution in [0.15, 0.2) is 12.2 Å². The Kier molecular flexibility index (Phi) is 26.5. The zero-order valence-electron chi connectivity index (χ0n) is 21.1. The third-order valence-corrected chi connectivity index (χ3v) is 6.71. The third kappa shape index (κ3) is 24.0. The summed E-state index contributed by atoms with van der Waals surface area (Å²) >= 11 is 0. The lowest BCUT2D eigenvalue weighted by Gasteiger charge is -2.14. The van der Waals surface area contributed by atoms with Crippen molar-refractivity contribution in [3.8, 4) is 0 Å². The Morgan fingerprint density at radius 1 is 0.467 bits per heavy atom. The topological polar surface area (TPSA) is 0 Å².